The van der Waals surface area contributed by atoms with E-state index in [-0.39, 0.29) is 5.91 Å². The highest BCUT2D eigenvalue weighted by molar-refractivity contribution is 5.84. The lowest BCUT2D eigenvalue weighted by atomic mass is 10.1. The summed E-state index contributed by atoms with van der Waals surface area (Å²) in [7, 11) is 1.66. The van der Waals surface area contributed by atoms with Crippen LogP contribution < -0.4 is 10.1 Å². The van der Waals surface area contributed by atoms with Crippen LogP contribution in [0.2, 0.25) is 0 Å². The Hall–Kier alpha value is -2.03. The molecule has 0 spiro atoms. The van der Waals surface area contributed by atoms with Crippen molar-refractivity contribution in [1.82, 2.24) is 5.32 Å². The van der Waals surface area contributed by atoms with Gasteiger partial charge < -0.3 is 10.1 Å². The summed E-state index contributed by atoms with van der Waals surface area (Å²) in [5.74, 6) is 0.840. The van der Waals surface area contributed by atoms with Gasteiger partial charge in [-0.05, 0) is 34.5 Å². The second kappa shape index (κ2) is 4.87. The minimum atomic E-state index is -0.0140. The van der Waals surface area contributed by atoms with E-state index in [1.165, 1.54) is 6.92 Å². The third-order valence-electron chi connectivity index (χ3n) is 2.65. The van der Waals surface area contributed by atoms with Crippen molar-refractivity contribution in [3.63, 3.8) is 0 Å². The molecule has 0 fully saturated rings. The summed E-state index contributed by atoms with van der Waals surface area (Å²) < 4.78 is 5.17. The maximum atomic E-state index is 10.8. The summed E-state index contributed by atoms with van der Waals surface area (Å²) in [6, 6.07) is 12.1. The molecule has 2 aromatic rings. The fourth-order valence-corrected chi connectivity index (χ4v) is 1.74. The fourth-order valence-electron chi connectivity index (χ4n) is 1.74. The lowest BCUT2D eigenvalue weighted by Crippen LogP contribution is -2.18. The van der Waals surface area contributed by atoms with E-state index in [4.69, 9.17) is 4.74 Å². The molecular formula is C14H15NO2. The summed E-state index contributed by atoms with van der Waals surface area (Å²) in [4.78, 5) is 10.8. The zero-order valence-electron chi connectivity index (χ0n) is 9.99. The van der Waals surface area contributed by atoms with Gasteiger partial charge >= 0.3 is 0 Å². The molecule has 0 atom stereocenters. The molecule has 3 nitrogen and oxygen atoms in total. The number of hydrogen-bond donors (Lipinski definition) is 1. The van der Waals surface area contributed by atoms with Gasteiger partial charge in [0, 0.05) is 13.5 Å². The lowest BCUT2D eigenvalue weighted by molar-refractivity contribution is -0.119. The quantitative estimate of drug-likeness (QED) is 0.878. The van der Waals surface area contributed by atoms with Crippen molar-refractivity contribution in [3.8, 4) is 5.75 Å². The second-order valence-corrected chi connectivity index (χ2v) is 3.96. The average Bonchev–Trinajstić information content (AvgIpc) is 2.35. The Kier molecular flexibility index (Phi) is 3.28. The zero-order valence-corrected chi connectivity index (χ0v) is 9.99. The van der Waals surface area contributed by atoms with Gasteiger partial charge in [0.2, 0.25) is 5.91 Å². The maximum absolute atomic E-state index is 10.8. The van der Waals surface area contributed by atoms with Gasteiger partial charge in [0.05, 0.1) is 7.11 Å². The first kappa shape index (κ1) is 11.5. The van der Waals surface area contributed by atoms with E-state index in [0.717, 1.165) is 22.1 Å². The molecule has 2 rings (SSSR count). The van der Waals surface area contributed by atoms with Crippen LogP contribution in [-0.4, -0.2) is 13.0 Å². The number of carbonyl (C=O) groups is 1. The van der Waals surface area contributed by atoms with E-state index < -0.39 is 0 Å². The second-order valence-electron chi connectivity index (χ2n) is 3.96. The van der Waals surface area contributed by atoms with Gasteiger partial charge in [0.1, 0.15) is 5.75 Å². The van der Waals surface area contributed by atoms with Crippen LogP contribution in [-0.2, 0) is 11.3 Å². The Morgan fingerprint density at radius 1 is 1.18 bits per heavy atom. The molecule has 0 bridgehead atoms. The number of benzene rings is 2. The number of carbonyl (C=O) groups excluding carboxylic acids is 1. The van der Waals surface area contributed by atoms with Crippen LogP contribution in [0.25, 0.3) is 10.8 Å². The molecule has 0 unspecified atom stereocenters. The van der Waals surface area contributed by atoms with Crippen LogP contribution in [0.3, 0.4) is 0 Å². The van der Waals surface area contributed by atoms with E-state index in [0.29, 0.717) is 6.54 Å². The Morgan fingerprint density at radius 2 is 1.88 bits per heavy atom. The van der Waals surface area contributed by atoms with Gasteiger partial charge in [0.25, 0.3) is 0 Å². The van der Waals surface area contributed by atoms with Gasteiger partial charge in [-0.2, -0.15) is 0 Å². The van der Waals surface area contributed by atoms with Crippen LogP contribution in [0.1, 0.15) is 12.5 Å². The molecule has 1 amide bonds. The molecule has 0 aromatic heterocycles. The van der Waals surface area contributed by atoms with E-state index in [1.807, 2.05) is 30.3 Å². The van der Waals surface area contributed by atoms with Crippen molar-refractivity contribution in [2.45, 2.75) is 13.5 Å². The Labute approximate surface area is 100 Å². The average molecular weight is 229 g/mol. The summed E-state index contributed by atoms with van der Waals surface area (Å²) in [5.41, 5.74) is 1.10. The topological polar surface area (TPSA) is 38.3 Å². The monoisotopic (exact) mass is 229 g/mol. The van der Waals surface area contributed by atoms with Gasteiger partial charge in [-0.15, -0.1) is 0 Å². The summed E-state index contributed by atoms with van der Waals surface area (Å²) in [6.07, 6.45) is 0. The summed E-state index contributed by atoms with van der Waals surface area (Å²) in [5, 5.41) is 5.07. The van der Waals surface area contributed by atoms with Gasteiger partial charge in [0.15, 0.2) is 0 Å². The Balaban J connectivity index is 2.28. The van der Waals surface area contributed by atoms with Crippen LogP contribution in [0.15, 0.2) is 36.4 Å². The molecule has 0 radical (unpaired) electrons. The molecule has 0 aliphatic carbocycles. The molecule has 0 heterocycles. The molecule has 0 saturated carbocycles. The largest absolute Gasteiger partial charge is 0.497 e. The minimum absolute atomic E-state index is 0.0140. The van der Waals surface area contributed by atoms with E-state index in [9.17, 15) is 4.79 Å². The molecule has 2 aromatic carbocycles. The first-order valence-corrected chi connectivity index (χ1v) is 5.50. The molecule has 0 aliphatic heterocycles. The van der Waals surface area contributed by atoms with Crippen molar-refractivity contribution in [3.05, 3.63) is 42.0 Å². The van der Waals surface area contributed by atoms with Gasteiger partial charge in [-0.3, -0.25) is 4.79 Å². The smallest absolute Gasteiger partial charge is 0.217 e. The van der Waals surface area contributed by atoms with Crippen LogP contribution in [0.4, 0.5) is 0 Å². The highest BCUT2D eigenvalue weighted by Gasteiger charge is 1.99. The van der Waals surface area contributed by atoms with E-state index in [2.05, 4.69) is 11.4 Å². The molecule has 3 heteroatoms. The van der Waals surface area contributed by atoms with Crippen molar-refractivity contribution in [1.29, 1.82) is 0 Å². The van der Waals surface area contributed by atoms with Crippen molar-refractivity contribution < 1.29 is 9.53 Å². The first-order chi connectivity index (χ1) is 8.19. The third kappa shape index (κ3) is 2.75. The van der Waals surface area contributed by atoms with Crippen molar-refractivity contribution in [2.24, 2.45) is 0 Å². The highest BCUT2D eigenvalue weighted by atomic mass is 16.5. The van der Waals surface area contributed by atoms with Gasteiger partial charge in [-0.25, -0.2) is 0 Å². The third-order valence-corrected chi connectivity index (χ3v) is 2.65. The summed E-state index contributed by atoms with van der Waals surface area (Å²) >= 11 is 0. The van der Waals surface area contributed by atoms with Crippen molar-refractivity contribution in [2.75, 3.05) is 7.11 Å². The number of rotatable bonds is 3. The van der Waals surface area contributed by atoms with E-state index in [1.54, 1.807) is 7.11 Å². The maximum Gasteiger partial charge on any atom is 0.217 e. The van der Waals surface area contributed by atoms with Crippen LogP contribution in [0.5, 0.6) is 5.75 Å². The molecule has 88 valence electrons. The Bertz CT molecular complexity index is 549. The number of hydrogen-bond acceptors (Lipinski definition) is 2. The Morgan fingerprint density at radius 3 is 2.59 bits per heavy atom. The minimum Gasteiger partial charge on any atom is -0.497 e. The summed E-state index contributed by atoms with van der Waals surface area (Å²) in [6.45, 7) is 2.09. The molecule has 1 N–H and O–H groups in total. The van der Waals surface area contributed by atoms with Crippen molar-refractivity contribution >= 4 is 16.7 Å². The van der Waals surface area contributed by atoms with E-state index >= 15 is 0 Å². The number of amides is 1. The predicted molar refractivity (Wildman–Crippen MR) is 68.0 cm³/mol. The van der Waals surface area contributed by atoms with Crippen LogP contribution >= 0.6 is 0 Å². The van der Waals surface area contributed by atoms with Gasteiger partial charge in [-0.1, -0.05) is 18.2 Å². The SMILES string of the molecule is COc1ccc2cc(CNC(C)=O)ccc2c1. The molecule has 17 heavy (non-hydrogen) atoms. The molecular weight excluding hydrogens is 214 g/mol. The number of ether oxygens (including phenoxy) is 1. The lowest BCUT2D eigenvalue weighted by Gasteiger charge is -2.06. The van der Waals surface area contributed by atoms with Crippen LogP contribution in [0, 0.1) is 0 Å². The first-order valence-electron chi connectivity index (χ1n) is 5.50. The fraction of sp³-hybridized carbons (Fsp3) is 0.214. The number of fused-ring (bicyclic) bond motifs is 1. The normalized spacial score (nSPS) is 10.2. The number of nitrogens with one attached hydrogen (secondary N) is 1. The predicted octanol–water partition coefficient (Wildman–Crippen LogP) is 2.48. The highest BCUT2D eigenvalue weighted by Crippen LogP contribution is 2.21. The molecule has 0 saturated heterocycles. The number of methoxy groups -OCH3 is 1. The standard InChI is InChI=1S/C14H15NO2/c1-10(16)15-9-11-3-4-13-8-14(17-2)6-5-12(13)7-11/h3-8H,9H2,1-2H3,(H,15,16). The zero-order chi connectivity index (χ0) is 12.3. The molecule has 0 aliphatic rings.